The zero-order valence-corrected chi connectivity index (χ0v) is 20.5. The van der Waals surface area contributed by atoms with Gasteiger partial charge in [-0.05, 0) is 36.4 Å². The number of methoxy groups -OCH3 is 2. The van der Waals surface area contributed by atoms with Crippen molar-refractivity contribution in [2.75, 3.05) is 30.0 Å². The number of carbonyl (C=O) groups is 1. The highest BCUT2D eigenvalue weighted by Gasteiger charge is 2.17. The molecule has 13 nitrogen and oxygen atoms in total. The summed E-state index contributed by atoms with van der Waals surface area (Å²) in [6, 6.07) is 10.4. The number of sulfonamides is 1. The highest BCUT2D eigenvalue weighted by molar-refractivity contribution is 7.99. The third-order valence-electron chi connectivity index (χ3n) is 4.40. The summed E-state index contributed by atoms with van der Waals surface area (Å²) in [7, 11) is -1.25. The van der Waals surface area contributed by atoms with E-state index in [-0.39, 0.29) is 39.5 Å². The molecule has 0 aliphatic rings. The standard InChI is InChI=1S/C21H19N7O6S2/c1-32-18-10-16(24-20(25-18)33-2)28-36(30,31)15-7-5-14(6-8-15)23-17(29)12-35-21-27-26-19(34-21)13-4-3-9-22-11-13/h3-11H,12H2,1-2H3,(H,23,29)(H,24,25,28). The smallest absolute Gasteiger partial charge is 0.321 e. The monoisotopic (exact) mass is 529 g/mol. The minimum absolute atomic E-state index is 0.00760. The van der Waals surface area contributed by atoms with E-state index < -0.39 is 10.0 Å². The molecular formula is C21H19N7O6S2. The molecule has 0 fully saturated rings. The first-order valence-corrected chi connectivity index (χ1v) is 12.6. The molecule has 36 heavy (non-hydrogen) atoms. The maximum Gasteiger partial charge on any atom is 0.321 e. The molecule has 0 unspecified atom stereocenters. The summed E-state index contributed by atoms with van der Waals surface area (Å²) in [5.74, 6) is 0.0728. The predicted molar refractivity (Wildman–Crippen MR) is 129 cm³/mol. The van der Waals surface area contributed by atoms with Gasteiger partial charge < -0.3 is 19.2 Å². The molecular weight excluding hydrogens is 510 g/mol. The van der Waals surface area contributed by atoms with Gasteiger partial charge in [-0.1, -0.05) is 11.8 Å². The van der Waals surface area contributed by atoms with Crippen molar-refractivity contribution >= 4 is 39.2 Å². The number of benzene rings is 1. The van der Waals surface area contributed by atoms with Crippen LogP contribution >= 0.6 is 11.8 Å². The number of ether oxygens (including phenoxy) is 2. The Balaban J connectivity index is 1.34. The lowest BCUT2D eigenvalue weighted by Gasteiger charge is -2.10. The summed E-state index contributed by atoms with van der Waals surface area (Å²) in [5.41, 5.74) is 1.08. The normalized spacial score (nSPS) is 11.1. The lowest BCUT2D eigenvalue weighted by atomic mass is 10.3. The van der Waals surface area contributed by atoms with Crippen LogP contribution in [-0.4, -0.2) is 59.4 Å². The van der Waals surface area contributed by atoms with E-state index in [0.717, 1.165) is 11.8 Å². The van der Waals surface area contributed by atoms with Crippen LogP contribution in [-0.2, 0) is 14.8 Å². The third-order valence-corrected chi connectivity index (χ3v) is 6.59. The summed E-state index contributed by atoms with van der Waals surface area (Å²) in [6.07, 6.45) is 3.22. The van der Waals surface area contributed by atoms with Crippen LogP contribution in [0.1, 0.15) is 0 Å². The van der Waals surface area contributed by atoms with Crippen molar-refractivity contribution < 1.29 is 27.1 Å². The fraction of sp³-hybridized carbons (Fsp3) is 0.143. The number of thioether (sulfide) groups is 1. The zero-order valence-electron chi connectivity index (χ0n) is 18.9. The molecule has 4 aromatic rings. The molecule has 0 atom stereocenters. The Labute approximate surface area is 209 Å². The van der Waals surface area contributed by atoms with Gasteiger partial charge >= 0.3 is 6.01 Å². The summed E-state index contributed by atoms with van der Waals surface area (Å²) in [4.78, 5) is 24.1. The Morgan fingerprint density at radius 2 is 1.89 bits per heavy atom. The Morgan fingerprint density at radius 1 is 1.08 bits per heavy atom. The molecule has 4 rings (SSSR count). The highest BCUT2D eigenvalue weighted by atomic mass is 32.2. The molecule has 0 aliphatic heterocycles. The second-order valence-electron chi connectivity index (χ2n) is 6.86. The molecule has 1 amide bonds. The molecule has 3 heterocycles. The fourth-order valence-corrected chi connectivity index (χ4v) is 4.32. The number of hydrogen-bond donors (Lipinski definition) is 2. The first kappa shape index (κ1) is 24.9. The van der Waals surface area contributed by atoms with Gasteiger partial charge in [-0.2, -0.15) is 9.97 Å². The van der Waals surface area contributed by atoms with Crippen molar-refractivity contribution in [1.29, 1.82) is 0 Å². The minimum atomic E-state index is -3.98. The van der Waals surface area contributed by atoms with Crippen LogP contribution in [0.2, 0.25) is 0 Å². The topological polar surface area (TPSA) is 171 Å². The lowest BCUT2D eigenvalue weighted by Crippen LogP contribution is -2.16. The van der Waals surface area contributed by atoms with Gasteiger partial charge in [0, 0.05) is 24.1 Å². The second-order valence-corrected chi connectivity index (χ2v) is 9.47. The third kappa shape index (κ3) is 6.25. The first-order valence-electron chi connectivity index (χ1n) is 10.1. The maximum absolute atomic E-state index is 12.7. The number of rotatable bonds is 10. The van der Waals surface area contributed by atoms with E-state index in [1.54, 1.807) is 24.5 Å². The number of carbonyl (C=O) groups excluding carboxylic acids is 1. The van der Waals surface area contributed by atoms with Crippen molar-refractivity contribution in [3.8, 4) is 23.3 Å². The van der Waals surface area contributed by atoms with Gasteiger partial charge in [0.15, 0.2) is 5.82 Å². The minimum Gasteiger partial charge on any atom is -0.481 e. The van der Waals surface area contributed by atoms with Crippen LogP contribution in [0.3, 0.4) is 0 Å². The summed E-state index contributed by atoms with van der Waals surface area (Å²) in [6.45, 7) is 0. The largest absolute Gasteiger partial charge is 0.481 e. The van der Waals surface area contributed by atoms with E-state index in [1.165, 1.54) is 44.6 Å². The molecule has 15 heteroatoms. The number of nitrogens with zero attached hydrogens (tertiary/aromatic N) is 5. The Hall–Kier alpha value is -4.24. The molecule has 0 bridgehead atoms. The SMILES string of the molecule is COc1cc(NS(=O)(=O)c2ccc(NC(=O)CSc3nnc(-c4cccnc4)o3)cc2)nc(OC)n1. The van der Waals surface area contributed by atoms with E-state index in [4.69, 9.17) is 13.9 Å². The zero-order chi connectivity index (χ0) is 25.5. The van der Waals surface area contributed by atoms with E-state index in [1.807, 2.05) is 0 Å². The fourth-order valence-electron chi connectivity index (χ4n) is 2.76. The molecule has 0 spiro atoms. The Kier molecular flexibility index (Phi) is 7.60. The van der Waals surface area contributed by atoms with Crippen molar-refractivity contribution in [3.63, 3.8) is 0 Å². The quantitative estimate of drug-likeness (QED) is 0.288. The van der Waals surface area contributed by atoms with Gasteiger partial charge in [0.05, 0.1) is 30.4 Å². The molecule has 0 aliphatic carbocycles. The average Bonchev–Trinajstić information content (AvgIpc) is 3.37. The highest BCUT2D eigenvalue weighted by Crippen LogP contribution is 2.24. The number of aromatic nitrogens is 5. The van der Waals surface area contributed by atoms with Crippen LogP contribution in [0, 0.1) is 0 Å². The van der Waals surface area contributed by atoms with E-state index in [9.17, 15) is 13.2 Å². The first-order chi connectivity index (χ1) is 17.4. The molecule has 2 N–H and O–H groups in total. The van der Waals surface area contributed by atoms with Crippen molar-refractivity contribution in [1.82, 2.24) is 25.1 Å². The number of pyridine rings is 1. The average molecular weight is 530 g/mol. The number of nitrogens with one attached hydrogen (secondary N) is 2. The molecule has 1 aromatic carbocycles. The lowest BCUT2D eigenvalue weighted by molar-refractivity contribution is -0.113. The Morgan fingerprint density at radius 3 is 2.58 bits per heavy atom. The van der Waals surface area contributed by atoms with Crippen LogP contribution in [0.15, 0.2) is 69.4 Å². The molecule has 3 aromatic heterocycles. The van der Waals surface area contributed by atoms with Gasteiger partial charge in [0.1, 0.15) is 0 Å². The van der Waals surface area contributed by atoms with Crippen LogP contribution < -0.4 is 19.5 Å². The molecule has 0 saturated heterocycles. The van der Waals surface area contributed by atoms with Crippen molar-refractivity contribution in [3.05, 3.63) is 54.9 Å². The van der Waals surface area contributed by atoms with Gasteiger partial charge in [-0.25, -0.2) is 8.42 Å². The van der Waals surface area contributed by atoms with Crippen LogP contribution in [0.25, 0.3) is 11.5 Å². The van der Waals surface area contributed by atoms with E-state index >= 15 is 0 Å². The summed E-state index contributed by atoms with van der Waals surface area (Å²) in [5, 5.41) is 10.8. The van der Waals surface area contributed by atoms with Gasteiger partial charge in [-0.3, -0.25) is 14.5 Å². The number of amides is 1. The summed E-state index contributed by atoms with van der Waals surface area (Å²) < 4.78 is 43.3. The maximum atomic E-state index is 12.7. The van der Waals surface area contributed by atoms with Crippen LogP contribution in [0.5, 0.6) is 11.9 Å². The molecule has 0 saturated carbocycles. The van der Waals surface area contributed by atoms with Crippen LogP contribution in [0.4, 0.5) is 11.5 Å². The predicted octanol–water partition coefficient (Wildman–Crippen LogP) is 2.47. The Bertz CT molecular complexity index is 1430. The number of anilines is 2. The summed E-state index contributed by atoms with van der Waals surface area (Å²) >= 11 is 1.07. The molecule has 0 radical (unpaired) electrons. The number of hydrogen-bond acceptors (Lipinski definition) is 12. The second kappa shape index (κ2) is 11.0. The van der Waals surface area contributed by atoms with Gasteiger partial charge in [0.2, 0.25) is 17.7 Å². The van der Waals surface area contributed by atoms with Crippen molar-refractivity contribution in [2.45, 2.75) is 10.1 Å². The van der Waals surface area contributed by atoms with E-state index in [0.29, 0.717) is 17.1 Å². The van der Waals surface area contributed by atoms with E-state index in [2.05, 4.69) is 35.2 Å². The van der Waals surface area contributed by atoms with Gasteiger partial charge in [0.25, 0.3) is 15.2 Å². The van der Waals surface area contributed by atoms with Crippen molar-refractivity contribution in [2.24, 2.45) is 0 Å². The molecule has 186 valence electrons. The van der Waals surface area contributed by atoms with Gasteiger partial charge in [-0.15, -0.1) is 10.2 Å².